The number of carbonyl (C=O) groups excluding carboxylic acids is 1. The first kappa shape index (κ1) is 14.8. The zero-order chi connectivity index (χ0) is 15.7. The summed E-state index contributed by atoms with van der Waals surface area (Å²) in [6, 6.07) is 8.52. The summed E-state index contributed by atoms with van der Waals surface area (Å²) in [5.74, 6) is 0.923. The highest BCUT2D eigenvalue weighted by Crippen LogP contribution is 2.34. The molecule has 0 saturated heterocycles. The van der Waals surface area contributed by atoms with E-state index < -0.39 is 0 Å². The molecule has 4 heteroatoms. The molecule has 0 aliphatic heterocycles. The van der Waals surface area contributed by atoms with E-state index >= 15 is 0 Å². The molecule has 1 aliphatic rings. The molecule has 1 aromatic heterocycles. The standard InChI is InChI=1S/C18H22N2O2/c1-4-16-19-12(2)17(22-16)18(21)20(3)15-11-7-9-13-8-5-6-10-14(13)15/h5-6,8,10,15H,4,7,9,11H2,1-3H3/t15-/m1/s1. The normalized spacial score (nSPS) is 17.1. The van der Waals surface area contributed by atoms with E-state index in [4.69, 9.17) is 4.42 Å². The van der Waals surface area contributed by atoms with Crippen LogP contribution >= 0.6 is 0 Å². The van der Waals surface area contributed by atoms with E-state index in [-0.39, 0.29) is 11.9 Å². The molecule has 0 N–H and O–H groups in total. The lowest BCUT2D eigenvalue weighted by Crippen LogP contribution is -2.33. The van der Waals surface area contributed by atoms with Crippen LogP contribution in [-0.4, -0.2) is 22.8 Å². The molecule has 1 aliphatic carbocycles. The average molecular weight is 298 g/mol. The third kappa shape index (κ3) is 2.54. The second kappa shape index (κ2) is 5.95. The van der Waals surface area contributed by atoms with Gasteiger partial charge in [-0.25, -0.2) is 4.98 Å². The van der Waals surface area contributed by atoms with Gasteiger partial charge in [-0.3, -0.25) is 4.79 Å². The van der Waals surface area contributed by atoms with Crippen LogP contribution < -0.4 is 0 Å². The number of aromatic nitrogens is 1. The van der Waals surface area contributed by atoms with Crippen molar-refractivity contribution in [2.75, 3.05) is 7.05 Å². The van der Waals surface area contributed by atoms with Gasteiger partial charge in [0.15, 0.2) is 5.89 Å². The quantitative estimate of drug-likeness (QED) is 0.868. The number of benzene rings is 1. The average Bonchev–Trinajstić information content (AvgIpc) is 2.94. The van der Waals surface area contributed by atoms with Crippen LogP contribution in [0.4, 0.5) is 0 Å². The molecule has 22 heavy (non-hydrogen) atoms. The third-order valence-electron chi connectivity index (χ3n) is 4.46. The Kier molecular flexibility index (Phi) is 4.01. The number of oxazole rings is 1. The van der Waals surface area contributed by atoms with E-state index in [9.17, 15) is 4.79 Å². The number of fused-ring (bicyclic) bond motifs is 1. The first-order valence-electron chi connectivity index (χ1n) is 7.93. The van der Waals surface area contributed by atoms with E-state index in [0.717, 1.165) is 19.3 Å². The molecule has 4 nitrogen and oxygen atoms in total. The Morgan fingerprint density at radius 2 is 2.18 bits per heavy atom. The minimum atomic E-state index is -0.0774. The lowest BCUT2D eigenvalue weighted by molar-refractivity contribution is 0.0680. The molecule has 1 heterocycles. The Hall–Kier alpha value is -2.10. The molecule has 1 atom stereocenters. The van der Waals surface area contributed by atoms with Gasteiger partial charge in [0.25, 0.3) is 5.91 Å². The molecule has 1 amide bonds. The van der Waals surface area contributed by atoms with Crippen LogP contribution in [0.25, 0.3) is 0 Å². The number of hydrogen-bond donors (Lipinski definition) is 0. The molecule has 116 valence electrons. The zero-order valence-electron chi connectivity index (χ0n) is 13.4. The van der Waals surface area contributed by atoms with Crippen molar-refractivity contribution < 1.29 is 9.21 Å². The minimum Gasteiger partial charge on any atom is -0.435 e. The highest BCUT2D eigenvalue weighted by atomic mass is 16.4. The maximum atomic E-state index is 12.8. The number of amides is 1. The van der Waals surface area contributed by atoms with Crippen LogP contribution in [-0.2, 0) is 12.8 Å². The number of aryl methyl sites for hydroxylation is 3. The van der Waals surface area contributed by atoms with Crippen LogP contribution in [0.3, 0.4) is 0 Å². The fraction of sp³-hybridized carbons (Fsp3) is 0.444. The molecule has 0 bridgehead atoms. The summed E-state index contributed by atoms with van der Waals surface area (Å²) >= 11 is 0. The van der Waals surface area contributed by atoms with Crippen molar-refractivity contribution in [2.45, 2.75) is 45.6 Å². The van der Waals surface area contributed by atoms with Gasteiger partial charge in [0.05, 0.1) is 11.7 Å². The number of nitrogens with zero attached hydrogens (tertiary/aromatic N) is 2. The number of carbonyl (C=O) groups is 1. The Morgan fingerprint density at radius 1 is 1.41 bits per heavy atom. The van der Waals surface area contributed by atoms with Gasteiger partial charge in [-0.15, -0.1) is 0 Å². The molecule has 2 aromatic rings. The van der Waals surface area contributed by atoms with Gasteiger partial charge >= 0.3 is 0 Å². The first-order chi connectivity index (χ1) is 10.6. The molecule has 0 radical (unpaired) electrons. The van der Waals surface area contributed by atoms with E-state index in [0.29, 0.717) is 23.8 Å². The van der Waals surface area contributed by atoms with Gasteiger partial charge in [-0.2, -0.15) is 0 Å². The van der Waals surface area contributed by atoms with Crippen molar-refractivity contribution in [3.8, 4) is 0 Å². The second-order valence-corrected chi connectivity index (χ2v) is 5.90. The van der Waals surface area contributed by atoms with Crippen LogP contribution in [0, 0.1) is 6.92 Å². The fourth-order valence-electron chi connectivity index (χ4n) is 3.23. The molecular weight excluding hydrogens is 276 g/mol. The van der Waals surface area contributed by atoms with Crippen molar-refractivity contribution in [3.63, 3.8) is 0 Å². The van der Waals surface area contributed by atoms with Gasteiger partial charge in [0, 0.05) is 13.5 Å². The summed E-state index contributed by atoms with van der Waals surface area (Å²) in [5, 5.41) is 0. The van der Waals surface area contributed by atoms with E-state index in [1.165, 1.54) is 11.1 Å². The minimum absolute atomic E-state index is 0.0774. The Morgan fingerprint density at radius 3 is 2.91 bits per heavy atom. The summed E-state index contributed by atoms with van der Waals surface area (Å²) in [7, 11) is 1.86. The molecule has 0 fully saturated rings. The van der Waals surface area contributed by atoms with Gasteiger partial charge in [-0.05, 0) is 37.3 Å². The third-order valence-corrected chi connectivity index (χ3v) is 4.46. The van der Waals surface area contributed by atoms with Gasteiger partial charge in [-0.1, -0.05) is 31.2 Å². The van der Waals surface area contributed by atoms with Gasteiger partial charge in [0.1, 0.15) is 0 Å². The topological polar surface area (TPSA) is 46.3 Å². The molecule has 0 unspecified atom stereocenters. The Bertz CT molecular complexity index is 690. The van der Waals surface area contributed by atoms with Crippen molar-refractivity contribution in [2.24, 2.45) is 0 Å². The maximum absolute atomic E-state index is 12.8. The first-order valence-corrected chi connectivity index (χ1v) is 7.93. The summed E-state index contributed by atoms with van der Waals surface area (Å²) in [6.45, 7) is 3.80. The van der Waals surface area contributed by atoms with Crippen LogP contribution in [0.2, 0.25) is 0 Å². The predicted octanol–water partition coefficient (Wildman–Crippen LogP) is 3.70. The number of hydrogen-bond acceptors (Lipinski definition) is 3. The summed E-state index contributed by atoms with van der Waals surface area (Å²) < 4.78 is 5.62. The van der Waals surface area contributed by atoms with Crippen LogP contribution in [0.1, 0.15) is 59.1 Å². The van der Waals surface area contributed by atoms with Crippen molar-refractivity contribution in [3.05, 3.63) is 52.7 Å². The van der Waals surface area contributed by atoms with E-state index in [1.807, 2.05) is 31.9 Å². The lowest BCUT2D eigenvalue weighted by Gasteiger charge is -2.32. The van der Waals surface area contributed by atoms with Crippen molar-refractivity contribution >= 4 is 5.91 Å². The monoisotopic (exact) mass is 298 g/mol. The van der Waals surface area contributed by atoms with E-state index in [2.05, 4.69) is 23.2 Å². The van der Waals surface area contributed by atoms with Crippen LogP contribution in [0.15, 0.2) is 28.7 Å². The molecule has 1 aromatic carbocycles. The Balaban J connectivity index is 1.89. The lowest BCUT2D eigenvalue weighted by atomic mass is 9.87. The SMILES string of the molecule is CCc1nc(C)c(C(=O)N(C)[C@@H]2CCCc3ccccc32)o1. The maximum Gasteiger partial charge on any atom is 0.291 e. The molecular formula is C18H22N2O2. The fourth-order valence-corrected chi connectivity index (χ4v) is 3.23. The van der Waals surface area contributed by atoms with Gasteiger partial charge in [0.2, 0.25) is 5.76 Å². The summed E-state index contributed by atoms with van der Waals surface area (Å²) in [5.41, 5.74) is 3.29. The second-order valence-electron chi connectivity index (χ2n) is 5.90. The number of rotatable bonds is 3. The van der Waals surface area contributed by atoms with Crippen LogP contribution in [0.5, 0.6) is 0 Å². The molecule has 0 spiro atoms. The predicted molar refractivity (Wildman–Crippen MR) is 84.8 cm³/mol. The largest absolute Gasteiger partial charge is 0.435 e. The summed E-state index contributed by atoms with van der Waals surface area (Å²) in [4.78, 5) is 18.9. The molecule has 3 rings (SSSR count). The van der Waals surface area contributed by atoms with Gasteiger partial charge < -0.3 is 9.32 Å². The Labute approximate surface area is 131 Å². The van der Waals surface area contributed by atoms with Crippen molar-refractivity contribution in [1.29, 1.82) is 0 Å². The highest BCUT2D eigenvalue weighted by Gasteiger charge is 2.29. The highest BCUT2D eigenvalue weighted by molar-refractivity contribution is 5.92. The smallest absolute Gasteiger partial charge is 0.291 e. The summed E-state index contributed by atoms with van der Waals surface area (Å²) in [6.07, 6.45) is 3.89. The zero-order valence-corrected chi connectivity index (χ0v) is 13.4. The molecule has 0 saturated carbocycles. The van der Waals surface area contributed by atoms with E-state index in [1.54, 1.807) is 0 Å². The van der Waals surface area contributed by atoms with Crippen molar-refractivity contribution in [1.82, 2.24) is 9.88 Å².